The van der Waals surface area contributed by atoms with Crippen LogP contribution in [0.5, 0.6) is 0 Å². The smallest absolute Gasteiger partial charge is 0.331 e. The molecule has 3 aromatic heterocycles. The van der Waals surface area contributed by atoms with Crippen molar-refractivity contribution in [2.45, 2.75) is 44.8 Å². The van der Waals surface area contributed by atoms with Gasteiger partial charge >= 0.3 is 6.55 Å². The van der Waals surface area contributed by atoms with Crippen LogP contribution in [0.2, 0.25) is 0 Å². The lowest BCUT2D eigenvalue weighted by atomic mass is 10.1. The van der Waals surface area contributed by atoms with Gasteiger partial charge in [0, 0.05) is 24.0 Å². The zero-order valence-corrected chi connectivity index (χ0v) is 19.1. The molecule has 1 atom stereocenters. The Hall–Kier alpha value is -4.29. The zero-order chi connectivity index (χ0) is 25.6. The summed E-state index contributed by atoms with van der Waals surface area (Å²) < 4.78 is 43.1. The number of aliphatic imine (C=N–C) groups is 1. The predicted molar refractivity (Wildman–Crippen MR) is 129 cm³/mol. The largest absolute Gasteiger partial charge is 0.404 e. The average Bonchev–Trinajstić information content (AvgIpc) is 3.61. The first-order valence-corrected chi connectivity index (χ1v) is 11.3. The van der Waals surface area contributed by atoms with Crippen LogP contribution in [0, 0.1) is 5.82 Å². The van der Waals surface area contributed by atoms with E-state index in [9.17, 15) is 18.0 Å². The molecular formula is C23H22F3N9O. The number of nitrogens with two attached hydrogens (primary N) is 2. The van der Waals surface area contributed by atoms with Crippen molar-refractivity contribution in [3.63, 3.8) is 0 Å². The molecule has 4 N–H and O–H groups in total. The molecule has 1 unspecified atom stereocenters. The molecule has 13 heteroatoms. The Bertz CT molecular complexity index is 1590. The van der Waals surface area contributed by atoms with Crippen molar-refractivity contribution in [1.29, 1.82) is 0 Å². The monoisotopic (exact) mass is 497 g/mol. The number of hydrogen-bond acceptors (Lipinski definition) is 8. The minimum atomic E-state index is -2.94. The molecule has 0 amide bonds. The molecule has 1 aromatic carbocycles. The average molecular weight is 497 g/mol. The molecule has 36 heavy (non-hydrogen) atoms. The van der Waals surface area contributed by atoms with Gasteiger partial charge in [-0.2, -0.15) is 13.9 Å². The van der Waals surface area contributed by atoms with Gasteiger partial charge in [-0.1, -0.05) is 13.0 Å². The Morgan fingerprint density at radius 3 is 2.72 bits per heavy atom. The summed E-state index contributed by atoms with van der Waals surface area (Å²) in [5.41, 5.74) is 12.1. The number of nitrogen functional groups attached to an aromatic ring is 1. The number of rotatable bonds is 7. The fraction of sp³-hybridized carbons (Fsp3) is 0.304. The van der Waals surface area contributed by atoms with Crippen LogP contribution in [0.15, 0.2) is 40.5 Å². The van der Waals surface area contributed by atoms with Crippen LogP contribution in [-0.4, -0.2) is 42.1 Å². The summed E-state index contributed by atoms with van der Waals surface area (Å²) in [6.45, 7) is -1.07. The second-order valence-corrected chi connectivity index (χ2v) is 8.36. The third-order valence-corrected chi connectivity index (χ3v) is 6.10. The second-order valence-electron chi connectivity index (χ2n) is 8.36. The number of fused-ring (bicyclic) bond motifs is 2. The number of benzene rings is 1. The first kappa shape index (κ1) is 23.5. The van der Waals surface area contributed by atoms with Gasteiger partial charge < -0.3 is 11.5 Å². The molecule has 0 spiro atoms. The van der Waals surface area contributed by atoms with Crippen molar-refractivity contribution in [2.75, 3.05) is 5.73 Å². The quantitative estimate of drug-likeness (QED) is 0.295. The topological polar surface area (TPSA) is 143 Å². The third-order valence-electron chi connectivity index (χ3n) is 6.10. The van der Waals surface area contributed by atoms with E-state index in [1.165, 1.54) is 27.7 Å². The highest BCUT2D eigenvalue weighted by Crippen LogP contribution is 2.38. The summed E-state index contributed by atoms with van der Waals surface area (Å²) in [5.74, 6) is -0.188. The molecule has 3 heterocycles. The Labute approximate surface area is 202 Å². The SMILES string of the molecule is CCC(c1nc2cccc(F)c2c(=O)n1C1CC1)n1nc(C(C=NC(F)F)=CN)c2c(N)ncnc21. The van der Waals surface area contributed by atoms with E-state index in [0.29, 0.717) is 23.3 Å². The van der Waals surface area contributed by atoms with Gasteiger partial charge in [0.15, 0.2) is 5.65 Å². The van der Waals surface area contributed by atoms with Crippen molar-refractivity contribution in [1.82, 2.24) is 29.3 Å². The number of hydrogen-bond donors (Lipinski definition) is 2. The van der Waals surface area contributed by atoms with E-state index in [0.717, 1.165) is 25.3 Å². The fourth-order valence-electron chi connectivity index (χ4n) is 4.34. The van der Waals surface area contributed by atoms with E-state index in [-0.39, 0.29) is 34.0 Å². The maximum atomic E-state index is 14.6. The summed E-state index contributed by atoms with van der Waals surface area (Å²) in [4.78, 5) is 29.6. The summed E-state index contributed by atoms with van der Waals surface area (Å²) in [6, 6.07) is 3.57. The molecule has 0 radical (unpaired) electrons. The van der Waals surface area contributed by atoms with Crippen molar-refractivity contribution in [3.05, 3.63) is 58.4 Å². The zero-order valence-electron chi connectivity index (χ0n) is 19.1. The van der Waals surface area contributed by atoms with Crippen LogP contribution in [0.25, 0.3) is 27.5 Å². The Morgan fingerprint density at radius 2 is 2.06 bits per heavy atom. The molecule has 1 fully saturated rings. The number of allylic oxidation sites excluding steroid dienone is 1. The molecule has 4 aromatic rings. The van der Waals surface area contributed by atoms with Gasteiger partial charge in [0.2, 0.25) is 0 Å². The third kappa shape index (κ3) is 3.85. The number of aromatic nitrogens is 6. The van der Waals surface area contributed by atoms with Gasteiger partial charge in [-0.3, -0.25) is 9.36 Å². The summed E-state index contributed by atoms with van der Waals surface area (Å²) in [7, 11) is 0. The van der Waals surface area contributed by atoms with Crippen LogP contribution in [0.1, 0.15) is 49.8 Å². The van der Waals surface area contributed by atoms with Crippen LogP contribution in [0.3, 0.4) is 0 Å². The van der Waals surface area contributed by atoms with Gasteiger partial charge in [-0.25, -0.2) is 29.0 Å². The number of nitrogens with zero attached hydrogens (tertiary/aromatic N) is 7. The van der Waals surface area contributed by atoms with Gasteiger partial charge in [0.25, 0.3) is 5.56 Å². The molecule has 0 bridgehead atoms. The van der Waals surface area contributed by atoms with Crippen molar-refractivity contribution in [2.24, 2.45) is 10.7 Å². The Kier molecular flexibility index (Phi) is 5.90. The highest BCUT2D eigenvalue weighted by molar-refractivity contribution is 6.14. The predicted octanol–water partition coefficient (Wildman–Crippen LogP) is 3.18. The van der Waals surface area contributed by atoms with Crippen LogP contribution in [0.4, 0.5) is 19.0 Å². The number of alkyl halides is 2. The van der Waals surface area contributed by atoms with Gasteiger partial charge in [-0.15, -0.1) is 0 Å². The molecule has 1 aliphatic rings. The van der Waals surface area contributed by atoms with E-state index in [2.05, 4.69) is 20.1 Å². The maximum Gasteiger partial charge on any atom is 0.331 e. The van der Waals surface area contributed by atoms with E-state index < -0.39 is 24.0 Å². The van der Waals surface area contributed by atoms with E-state index >= 15 is 0 Å². The first-order valence-electron chi connectivity index (χ1n) is 11.3. The van der Waals surface area contributed by atoms with Gasteiger partial charge in [-0.05, 0) is 31.4 Å². The highest BCUT2D eigenvalue weighted by atomic mass is 19.3. The first-order chi connectivity index (χ1) is 17.3. The van der Waals surface area contributed by atoms with Crippen molar-refractivity contribution in [3.8, 4) is 0 Å². The summed E-state index contributed by atoms with van der Waals surface area (Å²) in [6.07, 6.45) is 5.18. The van der Waals surface area contributed by atoms with Gasteiger partial charge in [0.1, 0.15) is 40.9 Å². The molecule has 0 saturated heterocycles. The lowest BCUT2D eigenvalue weighted by Crippen LogP contribution is -2.29. The molecule has 1 saturated carbocycles. The molecule has 0 aliphatic heterocycles. The van der Waals surface area contributed by atoms with Crippen LogP contribution < -0.4 is 17.0 Å². The van der Waals surface area contributed by atoms with Crippen molar-refractivity contribution < 1.29 is 13.2 Å². The lowest BCUT2D eigenvalue weighted by Gasteiger charge is -2.21. The molecule has 1 aliphatic carbocycles. The van der Waals surface area contributed by atoms with E-state index in [4.69, 9.17) is 16.5 Å². The molecular weight excluding hydrogens is 475 g/mol. The fourth-order valence-corrected chi connectivity index (χ4v) is 4.34. The van der Waals surface area contributed by atoms with E-state index in [1.807, 2.05) is 6.92 Å². The summed E-state index contributed by atoms with van der Waals surface area (Å²) >= 11 is 0. The van der Waals surface area contributed by atoms with E-state index in [1.54, 1.807) is 6.07 Å². The minimum absolute atomic E-state index is 0.0639. The maximum absolute atomic E-state index is 14.6. The second kappa shape index (κ2) is 9.06. The Balaban J connectivity index is 1.78. The summed E-state index contributed by atoms with van der Waals surface area (Å²) in [5, 5.41) is 4.84. The number of halogens is 3. The molecule has 186 valence electrons. The normalized spacial score (nSPS) is 15.5. The Morgan fingerprint density at radius 1 is 1.28 bits per heavy atom. The molecule has 10 nitrogen and oxygen atoms in total. The van der Waals surface area contributed by atoms with Crippen LogP contribution >= 0.6 is 0 Å². The standard InChI is InChI=1S/C23H22F3N9O/c1-2-15(20-32-14-5-3-4-13(24)16(14)22(36)34(20)12-6-7-12)35-21-17(19(28)30-10-31-21)18(33-35)11(8-27)9-29-23(25)26/h3-5,8-10,12,15,23H,2,6-7,27H2,1H3,(H2,28,30,31). The van der Waals surface area contributed by atoms with Gasteiger partial charge in [0.05, 0.1) is 10.9 Å². The van der Waals surface area contributed by atoms with Crippen LogP contribution in [-0.2, 0) is 0 Å². The lowest BCUT2D eigenvalue weighted by molar-refractivity contribution is 0.161. The number of anilines is 1. The highest BCUT2D eigenvalue weighted by Gasteiger charge is 2.33. The molecule has 5 rings (SSSR count). The minimum Gasteiger partial charge on any atom is -0.404 e. The van der Waals surface area contributed by atoms with Crippen molar-refractivity contribution >= 4 is 39.5 Å².